The third-order valence-electron chi connectivity index (χ3n) is 0.800. The Morgan fingerprint density at radius 1 is 1.33 bits per heavy atom. The van der Waals surface area contributed by atoms with Crippen molar-refractivity contribution in [1.82, 2.24) is 0 Å². The first kappa shape index (κ1) is 12.4. The second kappa shape index (κ2) is 4.61. The standard InChI is InChI=1S/C4H6F3IO3S/c5-4(6,7)12(9,10)11-3-1-2-8/h1-3H2. The summed E-state index contributed by atoms with van der Waals surface area (Å²) in [4.78, 5) is 0. The fourth-order valence-electron chi connectivity index (χ4n) is 0.290. The van der Waals surface area contributed by atoms with Gasteiger partial charge in [0.05, 0.1) is 6.61 Å². The first-order chi connectivity index (χ1) is 5.31. The van der Waals surface area contributed by atoms with E-state index < -0.39 is 22.2 Å². The summed E-state index contributed by atoms with van der Waals surface area (Å²) in [5, 5.41) is 0. The number of rotatable bonds is 4. The molecule has 0 bridgehead atoms. The van der Waals surface area contributed by atoms with Crippen molar-refractivity contribution in [2.24, 2.45) is 0 Å². The summed E-state index contributed by atoms with van der Waals surface area (Å²) in [6.45, 7) is -0.426. The Bertz CT molecular complexity index is 222. The van der Waals surface area contributed by atoms with Crippen molar-refractivity contribution < 1.29 is 25.8 Å². The Balaban J connectivity index is 4.08. The van der Waals surface area contributed by atoms with Gasteiger partial charge < -0.3 is 0 Å². The monoisotopic (exact) mass is 318 g/mol. The van der Waals surface area contributed by atoms with E-state index in [9.17, 15) is 21.6 Å². The minimum atomic E-state index is -5.37. The van der Waals surface area contributed by atoms with Crippen molar-refractivity contribution in [1.29, 1.82) is 0 Å². The largest absolute Gasteiger partial charge is 0.523 e. The maximum absolute atomic E-state index is 11.5. The highest BCUT2D eigenvalue weighted by Crippen LogP contribution is 2.24. The molecule has 0 radical (unpaired) electrons. The van der Waals surface area contributed by atoms with Crippen LogP contribution in [0.3, 0.4) is 0 Å². The SMILES string of the molecule is O=S(=O)(OCCCI)C(F)(F)F. The van der Waals surface area contributed by atoms with Gasteiger partial charge in [-0.3, -0.25) is 4.18 Å². The van der Waals surface area contributed by atoms with Gasteiger partial charge in [0.2, 0.25) is 0 Å². The molecule has 3 nitrogen and oxygen atoms in total. The fraction of sp³-hybridized carbons (Fsp3) is 1.00. The van der Waals surface area contributed by atoms with Gasteiger partial charge in [-0.2, -0.15) is 21.6 Å². The lowest BCUT2D eigenvalue weighted by molar-refractivity contribution is -0.0541. The second-order valence-electron chi connectivity index (χ2n) is 1.76. The molecule has 8 heteroatoms. The molecule has 0 saturated carbocycles. The summed E-state index contributed by atoms with van der Waals surface area (Å²) in [7, 11) is -5.37. The highest BCUT2D eigenvalue weighted by Gasteiger charge is 2.47. The van der Waals surface area contributed by atoms with E-state index in [1.807, 2.05) is 22.6 Å². The maximum Gasteiger partial charge on any atom is 0.523 e. The van der Waals surface area contributed by atoms with E-state index in [-0.39, 0.29) is 6.42 Å². The van der Waals surface area contributed by atoms with Crippen LogP contribution in [0.2, 0.25) is 0 Å². The predicted molar refractivity (Wildman–Crippen MR) is 44.4 cm³/mol. The van der Waals surface area contributed by atoms with Gasteiger partial charge in [0.1, 0.15) is 0 Å². The first-order valence-corrected chi connectivity index (χ1v) is 5.76. The molecule has 0 aromatic carbocycles. The van der Waals surface area contributed by atoms with Gasteiger partial charge >= 0.3 is 15.6 Å². The van der Waals surface area contributed by atoms with E-state index in [1.54, 1.807) is 0 Å². The van der Waals surface area contributed by atoms with Crippen LogP contribution in [-0.4, -0.2) is 25.0 Å². The smallest absolute Gasteiger partial charge is 0.263 e. The molecule has 0 rings (SSSR count). The molecule has 0 atom stereocenters. The summed E-state index contributed by atoms with van der Waals surface area (Å²) in [6, 6.07) is 0. The molecular weight excluding hydrogens is 312 g/mol. The summed E-state index contributed by atoms with van der Waals surface area (Å²) in [5.41, 5.74) is -5.31. The zero-order valence-electron chi connectivity index (χ0n) is 5.77. The minimum Gasteiger partial charge on any atom is -0.263 e. The van der Waals surface area contributed by atoms with Gasteiger partial charge in [-0.05, 0) is 6.42 Å². The lowest BCUT2D eigenvalue weighted by atomic mass is 10.5. The minimum absolute atomic E-state index is 0.274. The van der Waals surface area contributed by atoms with E-state index in [1.165, 1.54) is 0 Å². The van der Waals surface area contributed by atoms with Gasteiger partial charge in [0.15, 0.2) is 0 Å². The average molecular weight is 318 g/mol. The van der Waals surface area contributed by atoms with Crippen LogP contribution < -0.4 is 0 Å². The van der Waals surface area contributed by atoms with Crippen molar-refractivity contribution in [3.05, 3.63) is 0 Å². The summed E-state index contributed by atoms with van der Waals surface area (Å²) >= 11 is 1.90. The van der Waals surface area contributed by atoms with Crippen LogP contribution in [0.15, 0.2) is 0 Å². The van der Waals surface area contributed by atoms with Crippen molar-refractivity contribution >= 4 is 32.7 Å². The summed E-state index contributed by atoms with van der Waals surface area (Å²) < 4.78 is 59.2. The quantitative estimate of drug-likeness (QED) is 0.260. The molecule has 0 aromatic heterocycles. The van der Waals surface area contributed by atoms with Crippen molar-refractivity contribution in [3.8, 4) is 0 Å². The Hall–Kier alpha value is 0.430. The zero-order valence-corrected chi connectivity index (χ0v) is 8.74. The van der Waals surface area contributed by atoms with E-state index in [2.05, 4.69) is 4.18 Å². The molecule has 0 heterocycles. The molecule has 12 heavy (non-hydrogen) atoms. The van der Waals surface area contributed by atoms with Gasteiger partial charge in [-0.15, -0.1) is 0 Å². The van der Waals surface area contributed by atoms with Crippen LogP contribution in [-0.2, 0) is 14.3 Å². The Morgan fingerprint density at radius 3 is 2.17 bits per heavy atom. The predicted octanol–water partition coefficient (Wildman–Crippen LogP) is 1.68. The zero-order chi connectivity index (χ0) is 9.83. The lowest BCUT2D eigenvalue weighted by Crippen LogP contribution is -2.25. The second-order valence-corrected chi connectivity index (χ2v) is 4.45. The van der Waals surface area contributed by atoms with Gasteiger partial charge in [-0.1, -0.05) is 22.6 Å². The van der Waals surface area contributed by atoms with Crippen molar-refractivity contribution in [2.45, 2.75) is 11.9 Å². The van der Waals surface area contributed by atoms with Crippen molar-refractivity contribution in [3.63, 3.8) is 0 Å². The Labute approximate surface area is 81.5 Å². The molecule has 0 fully saturated rings. The maximum atomic E-state index is 11.5. The van der Waals surface area contributed by atoms with E-state index >= 15 is 0 Å². The molecule has 0 N–H and O–H groups in total. The average Bonchev–Trinajstić information content (AvgIpc) is 1.85. The molecule has 0 unspecified atom stereocenters. The molecule has 0 spiro atoms. The number of hydrogen-bond acceptors (Lipinski definition) is 3. The van der Waals surface area contributed by atoms with Gasteiger partial charge in [0, 0.05) is 4.43 Å². The van der Waals surface area contributed by atoms with Crippen LogP contribution in [0.25, 0.3) is 0 Å². The normalized spacial score (nSPS) is 13.3. The van der Waals surface area contributed by atoms with E-state index in [0.29, 0.717) is 4.43 Å². The molecular formula is C4H6F3IO3S. The van der Waals surface area contributed by atoms with E-state index in [4.69, 9.17) is 0 Å². The van der Waals surface area contributed by atoms with Crippen LogP contribution >= 0.6 is 22.6 Å². The first-order valence-electron chi connectivity index (χ1n) is 2.83. The molecule has 0 aliphatic heterocycles. The highest BCUT2D eigenvalue weighted by atomic mass is 127. The third kappa shape index (κ3) is 3.90. The number of halogens is 4. The van der Waals surface area contributed by atoms with Crippen LogP contribution in [0.1, 0.15) is 6.42 Å². The van der Waals surface area contributed by atoms with Crippen LogP contribution in [0, 0.1) is 0 Å². The van der Waals surface area contributed by atoms with Gasteiger partial charge in [-0.25, -0.2) is 0 Å². The van der Waals surface area contributed by atoms with E-state index in [0.717, 1.165) is 0 Å². The Morgan fingerprint density at radius 2 is 1.83 bits per heavy atom. The third-order valence-corrected chi connectivity index (χ3v) is 2.61. The molecule has 0 aromatic rings. The summed E-state index contributed by atoms with van der Waals surface area (Å²) in [6.07, 6.45) is 0.274. The van der Waals surface area contributed by atoms with Gasteiger partial charge in [0.25, 0.3) is 0 Å². The molecule has 74 valence electrons. The Kier molecular flexibility index (Phi) is 4.77. The topological polar surface area (TPSA) is 43.4 Å². The van der Waals surface area contributed by atoms with Crippen LogP contribution in [0.5, 0.6) is 0 Å². The molecule has 0 amide bonds. The molecule has 0 saturated heterocycles. The number of alkyl halides is 4. The molecule has 0 aliphatic rings. The fourth-order valence-corrected chi connectivity index (χ4v) is 1.07. The summed E-state index contributed by atoms with van der Waals surface area (Å²) in [5.74, 6) is 0. The highest BCUT2D eigenvalue weighted by molar-refractivity contribution is 14.1. The van der Waals surface area contributed by atoms with Crippen LogP contribution in [0.4, 0.5) is 13.2 Å². The lowest BCUT2D eigenvalue weighted by Gasteiger charge is -2.06. The molecule has 0 aliphatic carbocycles. The number of hydrogen-bond donors (Lipinski definition) is 0. The van der Waals surface area contributed by atoms with Crippen molar-refractivity contribution in [2.75, 3.05) is 11.0 Å².